The van der Waals surface area contributed by atoms with Gasteiger partial charge in [0.2, 0.25) is 0 Å². The molecule has 5 nitrogen and oxygen atoms in total. The maximum atomic E-state index is 12.7. The summed E-state index contributed by atoms with van der Waals surface area (Å²) in [4.78, 5) is 14.5. The van der Waals surface area contributed by atoms with E-state index in [1.807, 2.05) is 23.1 Å². The number of halogens is 1. The Labute approximate surface area is 151 Å². The molecule has 2 saturated heterocycles. The fourth-order valence-electron chi connectivity index (χ4n) is 3.44. The summed E-state index contributed by atoms with van der Waals surface area (Å²) in [5.74, 6) is 1.24. The summed E-state index contributed by atoms with van der Waals surface area (Å²) in [7, 11) is 0. The van der Waals surface area contributed by atoms with Crippen LogP contribution >= 0.6 is 11.6 Å². The summed E-state index contributed by atoms with van der Waals surface area (Å²) >= 11 is 6.20. The lowest BCUT2D eigenvalue weighted by molar-refractivity contribution is -0.0956. The van der Waals surface area contributed by atoms with E-state index in [0.717, 1.165) is 18.4 Å². The van der Waals surface area contributed by atoms with Crippen molar-refractivity contribution in [3.8, 4) is 11.3 Å². The van der Waals surface area contributed by atoms with Crippen molar-refractivity contribution in [3.63, 3.8) is 0 Å². The monoisotopic (exact) mass is 361 g/mol. The Bertz CT molecular complexity index is 745. The lowest BCUT2D eigenvalue weighted by atomic mass is 9.96. The van der Waals surface area contributed by atoms with Crippen molar-refractivity contribution in [2.75, 3.05) is 26.3 Å². The Morgan fingerprint density at radius 2 is 1.76 bits per heavy atom. The first kappa shape index (κ1) is 16.6. The summed E-state index contributed by atoms with van der Waals surface area (Å²) in [6.07, 6.45) is 1.66. The van der Waals surface area contributed by atoms with Crippen LogP contribution in [0.4, 0.5) is 0 Å². The van der Waals surface area contributed by atoms with E-state index < -0.39 is 0 Å². The summed E-state index contributed by atoms with van der Waals surface area (Å²) < 4.78 is 16.9. The molecule has 1 amide bonds. The molecule has 2 fully saturated rings. The molecule has 0 unspecified atom stereocenters. The highest BCUT2D eigenvalue weighted by Crippen LogP contribution is 2.30. The second-order valence-corrected chi connectivity index (χ2v) is 6.79. The molecule has 2 aromatic rings. The van der Waals surface area contributed by atoms with Gasteiger partial charge < -0.3 is 18.8 Å². The lowest BCUT2D eigenvalue weighted by Gasteiger charge is -2.33. The van der Waals surface area contributed by atoms with E-state index in [0.29, 0.717) is 48.8 Å². The Kier molecular flexibility index (Phi) is 4.79. The first-order valence-electron chi connectivity index (χ1n) is 8.59. The number of hydrogen-bond acceptors (Lipinski definition) is 4. The van der Waals surface area contributed by atoms with Crippen molar-refractivity contribution in [1.29, 1.82) is 0 Å². The van der Waals surface area contributed by atoms with Crippen LogP contribution in [0.25, 0.3) is 11.3 Å². The van der Waals surface area contributed by atoms with Gasteiger partial charge in [0.15, 0.2) is 12.1 Å². The Balaban J connectivity index is 1.41. The molecule has 0 radical (unpaired) electrons. The quantitative estimate of drug-likeness (QED) is 0.833. The number of piperidine rings is 1. The van der Waals surface area contributed by atoms with Gasteiger partial charge in [-0.15, -0.1) is 0 Å². The van der Waals surface area contributed by atoms with E-state index in [9.17, 15) is 4.79 Å². The normalized spacial score (nSPS) is 19.5. The van der Waals surface area contributed by atoms with Gasteiger partial charge >= 0.3 is 0 Å². The van der Waals surface area contributed by atoms with E-state index in [-0.39, 0.29) is 12.2 Å². The number of nitrogens with zero attached hydrogens (tertiary/aromatic N) is 1. The molecular formula is C19H20ClNO4. The van der Waals surface area contributed by atoms with Gasteiger partial charge in [0.1, 0.15) is 5.76 Å². The minimum atomic E-state index is -0.104. The fraction of sp³-hybridized carbons (Fsp3) is 0.421. The first-order valence-corrected chi connectivity index (χ1v) is 8.97. The zero-order valence-electron chi connectivity index (χ0n) is 13.8. The topological polar surface area (TPSA) is 51.9 Å². The van der Waals surface area contributed by atoms with Crippen LogP contribution < -0.4 is 0 Å². The summed E-state index contributed by atoms with van der Waals surface area (Å²) in [6.45, 7) is 2.71. The van der Waals surface area contributed by atoms with Crippen molar-refractivity contribution < 1.29 is 18.7 Å². The van der Waals surface area contributed by atoms with Crippen LogP contribution in [0.2, 0.25) is 5.02 Å². The van der Waals surface area contributed by atoms with Gasteiger partial charge in [-0.05, 0) is 37.1 Å². The molecule has 0 atom stereocenters. The molecule has 3 heterocycles. The van der Waals surface area contributed by atoms with Crippen molar-refractivity contribution in [2.24, 2.45) is 5.92 Å². The third-order valence-electron chi connectivity index (χ3n) is 4.82. The largest absolute Gasteiger partial charge is 0.451 e. The number of carbonyl (C=O) groups is 1. The Hall–Kier alpha value is -1.82. The number of hydrogen-bond donors (Lipinski definition) is 0. The number of furan rings is 1. The maximum Gasteiger partial charge on any atom is 0.289 e. The maximum absolute atomic E-state index is 12.7. The lowest BCUT2D eigenvalue weighted by Crippen LogP contribution is -2.41. The minimum absolute atomic E-state index is 0.0787. The molecule has 0 bridgehead atoms. The Morgan fingerprint density at radius 3 is 2.48 bits per heavy atom. The van der Waals surface area contributed by atoms with E-state index >= 15 is 0 Å². The van der Waals surface area contributed by atoms with E-state index in [2.05, 4.69) is 0 Å². The highest BCUT2D eigenvalue weighted by atomic mass is 35.5. The van der Waals surface area contributed by atoms with Gasteiger partial charge in [0.25, 0.3) is 5.91 Å². The average Bonchev–Trinajstić information content (AvgIpc) is 3.34. The van der Waals surface area contributed by atoms with E-state index in [1.165, 1.54) is 0 Å². The number of benzene rings is 1. The van der Waals surface area contributed by atoms with E-state index in [4.69, 9.17) is 25.5 Å². The van der Waals surface area contributed by atoms with Crippen LogP contribution in [0.15, 0.2) is 40.8 Å². The molecule has 25 heavy (non-hydrogen) atoms. The number of carbonyl (C=O) groups excluding carboxylic acids is 1. The average molecular weight is 362 g/mol. The molecule has 0 aliphatic carbocycles. The fourth-order valence-corrected chi connectivity index (χ4v) is 3.67. The van der Waals surface area contributed by atoms with Gasteiger partial charge in [-0.25, -0.2) is 0 Å². The standard InChI is InChI=1S/C19H20ClNO4/c20-15-4-2-1-3-14(15)16-5-6-17(25-16)18(22)21-9-7-13(8-10-21)19-23-11-12-24-19/h1-6,13,19H,7-12H2. The van der Waals surface area contributed by atoms with Crippen molar-refractivity contribution in [2.45, 2.75) is 19.1 Å². The van der Waals surface area contributed by atoms with Crippen molar-refractivity contribution in [3.05, 3.63) is 47.2 Å². The van der Waals surface area contributed by atoms with Gasteiger partial charge in [0, 0.05) is 24.6 Å². The van der Waals surface area contributed by atoms with Crippen molar-refractivity contribution >= 4 is 17.5 Å². The molecule has 0 N–H and O–H groups in total. The predicted molar refractivity (Wildman–Crippen MR) is 93.5 cm³/mol. The van der Waals surface area contributed by atoms with Gasteiger partial charge in [-0.3, -0.25) is 4.79 Å². The number of rotatable bonds is 3. The molecule has 0 spiro atoms. The summed E-state index contributed by atoms with van der Waals surface area (Å²) in [5, 5.41) is 0.605. The van der Waals surface area contributed by atoms with Crippen LogP contribution in [-0.2, 0) is 9.47 Å². The Morgan fingerprint density at radius 1 is 1.04 bits per heavy atom. The number of likely N-dealkylation sites (tertiary alicyclic amines) is 1. The molecule has 2 aliphatic heterocycles. The minimum Gasteiger partial charge on any atom is -0.451 e. The van der Waals surface area contributed by atoms with Crippen LogP contribution in [0, 0.1) is 5.92 Å². The second-order valence-electron chi connectivity index (χ2n) is 6.38. The molecule has 1 aromatic heterocycles. The summed E-state index contributed by atoms with van der Waals surface area (Å²) in [6, 6.07) is 10.9. The van der Waals surface area contributed by atoms with Crippen LogP contribution in [-0.4, -0.2) is 43.4 Å². The molecule has 4 rings (SSSR count). The van der Waals surface area contributed by atoms with Crippen molar-refractivity contribution in [1.82, 2.24) is 4.90 Å². The van der Waals surface area contributed by atoms with Gasteiger partial charge in [-0.1, -0.05) is 23.7 Å². The smallest absolute Gasteiger partial charge is 0.289 e. The third kappa shape index (κ3) is 3.45. The molecule has 6 heteroatoms. The molecular weight excluding hydrogens is 342 g/mol. The number of amides is 1. The third-order valence-corrected chi connectivity index (χ3v) is 5.14. The summed E-state index contributed by atoms with van der Waals surface area (Å²) in [5.41, 5.74) is 0.789. The highest BCUT2D eigenvalue weighted by molar-refractivity contribution is 6.33. The predicted octanol–water partition coefficient (Wildman–Crippen LogP) is 3.83. The van der Waals surface area contributed by atoms with Gasteiger partial charge in [-0.2, -0.15) is 0 Å². The highest BCUT2D eigenvalue weighted by Gasteiger charge is 2.32. The molecule has 1 aromatic carbocycles. The van der Waals surface area contributed by atoms with Gasteiger partial charge in [0.05, 0.1) is 18.2 Å². The second kappa shape index (κ2) is 7.20. The zero-order chi connectivity index (χ0) is 17.2. The van der Waals surface area contributed by atoms with Crippen LogP contribution in [0.3, 0.4) is 0 Å². The molecule has 2 aliphatic rings. The SMILES string of the molecule is O=C(c1ccc(-c2ccccc2Cl)o1)N1CCC(C2OCCO2)CC1. The zero-order valence-corrected chi connectivity index (χ0v) is 14.6. The number of ether oxygens (including phenoxy) is 2. The molecule has 132 valence electrons. The van der Waals surface area contributed by atoms with Crippen LogP contribution in [0.5, 0.6) is 0 Å². The molecule has 0 saturated carbocycles. The first-order chi connectivity index (χ1) is 12.2. The van der Waals surface area contributed by atoms with E-state index in [1.54, 1.807) is 18.2 Å². The van der Waals surface area contributed by atoms with Crippen LogP contribution in [0.1, 0.15) is 23.4 Å².